The number of likely N-dealkylation sites (N-methyl/N-ethyl adjacent to an activating group) is 1. The largest absolute Gasteiger partial charge is 0.378 e. The lowest BCUT2D eigenvalue weighted by Crippen LogP contribution is -2.36. The number of morpholine rings is 1. The van der Waals surface area contributed by atoms with Crippen LogP contribution in [0.4, 0.5) is 11.4 Å². The molecule has 1 aromatic carbocycles. The van der Waals surface area contributed by atoms with Gasteiger partial charge in [0.25, 0.3) is 0 Å². The molecule has 1 saturated heterocycles. The molecule has 5 heteroatoms. The first-order valence-corrected chi connectivity index (χ1v) is 6.61. The monoisotopic (exact) mass is 263 g/mol. The SMILES string of the molecule is CNC(C)C(=O)Nc1ccc(N2CCOCC2)cc1. The fourth-order valence-corrected chi connectivity index (χ4v) is 1.96. The molecule has 0 saturated carbocycles. The van der Waals surface area contributed by atoms with Crippen LogP contribution in [-0.4, -0.2) is 45.3 Å². The molecule has 1 aromatic rings. The van der Waals surface area contributed by atoms with Crippen molar-refractivity contribution >= 4 is 17.3 Å². The van der Waals surface area contributed by atoms with Gasteiger partial charge in [-0.1, -0.05) is 0 Å². The fourth-order valence-electron chi connectivity index (χ4n) is 1.96. The van der Waals surface area contributed by atoms with Crippen LogP contribution in [0.3, 0.4) is 0 Å². The van der Waals surface area contributed by atoms with Crippen molar-refractivity contribution in [3.8, 4) is 0 Å². The Bertz CT molecular complexity index is 413. The third-order valence-corrected chi connectivity index (χ3v) is 3.34. The molecule has 0 radical (unpaired) electrons. The van der Waals surface area contributed by atoms with Gasteiger partial charge in [-0.3, -0.25) is 4.79 Å². The predicted octanol–water partition coefficient (Wildman–Crippen LogP) is 1.07. The lowest BCUT2D eigenvalue weighted by atomic mass is 10.2. The van der Waals surface area contributed by atoms with Crippen LogP contribution in [0.2, 0.25) is 0 Å². The van der Waals surface area contributed by atoms with Gasteiger partial charge >= 0.3 is 0 Å². The Labute approximate surface area is 113 Å². The minimum absolute atomic E-state index is 0.0263. The van der Waals surface area contributed by atoms with E-state index in [0.717, 1.165) is 32.0 Å². The van der Waals surface area contributed by atoms with E-state index >= 15 is 0 Å². The number of amides is 1. The standard InChI is InChI=1S/C14H21N3O2/c1-11(15-2)14(18)16-12-3-5-13(6-4-12)17-7-9-19-10-8-17/h3-6,11,15H,7-10H2,1-2H3,(H,16,18). The second kappa shape index (κ2) is 6.54. The number of benzene rings is 1. The number of nitrogens with zero attached hydrogens (tertiary/aromatic N) is 1. The van der Waals surface area contributed by atoms with Crippen molar-refractivity contribution in [1.82, 2.24) is 5.32 Å². The summed E-state index contributed by atoms with van der Waals surface area (Å²) in [6, 6.07) is 7.74. The van der Waals surface area contributed by atoms with Crippen LogP contribution >= 0.6 is 0 Å². The zero-order chi connectivity index (χ0) is 13.7. The molecule has 0 bridgehead atoms. The molecule has 2 N–H and O–H groups in total. The van der Waals surface area contributed by atoms with Gasteiger partial charge in [0.15, 0.2) is 0 Å². The van der Waals surface area contributed by atoms with Crippen molar-refractivity contribution in [2.75, 3.05) is 43.6 Å². The quantitative estimate of drug-likeness (QED) is 0.853. The summed E-state index contributed by atoms with van der Waals surface area (Å²) in [7, 11) is 1.77. The van der Waals surface area contributed by atoms with Crippen molar-refractivity contribution in [1.29, 1.82) is 0 Å². The van der Waals surface area contributed by atoms with Crippen molar-refractivity contribution in [3.05, 3.63) is 24.3 Å². The van der Waals surface area contributed by atoms with Gasteiger partial charge in [0.05, 0.1) is 19.3 Å². The molecule has 0 spiro atoms. The number of anilines is 2. The fraction of sp³-hybridized carbons (Fsp3) is 0.500. The first kappa shape index (κ1) is 13.8. The summed E-state index contributed by atoms with van der Waals surface area (Å²) < 4.78 is 5.33. The van der Waals surface area contributed by atoms with Gasteiger partial charge in [0, 0.05) is 24.5 Å². The molecule has 1 heterocycles. The lowest BCUT2D eigenvalue weighted by Gasteiger charge is -2.28. The van der Waals surface area contributed by atoms with Crippen LogP contribution in [0.25, 0.3) is 0 Å². The van der Waals surface area contributed by atoms with E-state index in [0.29, 0.717) is 0 Å². The van der Waals surface area contributed by atoms with Gasteiger partial charge < -0.3 is 20.3 Å². The summed E-state index contributed by atoms with van der Waals surface area (Å²) in [5, 5.41) is 5.79. The molecule has 5 nitrogen and oxygen atoms in total. The van der Waals surface area contributed by atoms with Crippen molar-refractivity contribution in [2.24, 2.45) is 0 Å². The highest BCUT2D eigenvalue weighted by Gasteiger charge is 2.12. The van der Waals surface area contributed by atoms with Gasteiger partial charge in [-0.05, 0) is 38.2 Å². The summed E-state index contributed by atoms with van der Waals surface area (Å²) in [6.07, 6.45) is 0. The molecule has 1 aliphatic rings. The average Bonchev–Trinajstić information content (AvgIpc) is 2.48. The van der Waals surface area contributed by atoms with Crippen molar-refractivity contribution < 1.29 is 9.53 Å². The second-order valence-corrected chi connectivity index (χ2v) is 4.65. The first-order chi connectivity index (χ1) is 9.20. The maximum absolute atomic E-state index is 11.7. The number of nitrogens with one attached hydrogen (secondary N) is 2. The molecule has 19 heavy (non-hydrogen) atoms. The highest BCUT2D eigenvalue weighted by atomic mass is 16.5. The van der Waals surface area contributed by atoms with Crippen LogP contribution in [0, 0.1) is 0 Å². The maximum Gasteiger partial charge on any atom is 0.241 e. The van der Waals surface area contributed by atoms with Gasteiger partial charge in [0.2, 0.25) is 5.91 Å². The predicted molar refractivity (Wildman–Crippen MR) is 76.6 cm³/mol. The van der Waals surface area contributed by atoms with Gasteiger partial charge in [-0.25, -0.2) is 0 Å². The Morgan fingerprint density at radius 3 is 2.47 bits per heavy atom. The Hall–Kier alpha value is -1.59. The zero-order valence-corrected chi connectivity index (χ0v) is 11.5. The van der Waals surface area contributed by atoms with E-state index < -0.39 is 0 Å². The summed E-state index contributed by atoms with van der Waals surface area (Å²) in [4.78, 5) is 14.0. The molecule has 1 aliphatic heterocycles. The number of hydrogen-bond acceptors (Lipinski definition) is 4. The molecule has 0 aliphatic carbocycles. The third kappa shape index (κ3) is 3.68. The normalized spacial score (nSPS) is 17.1. The van der Waals surface area contributed by atoms with E-state index in [-0.39, 0.29) is 11.9 Å². The molecule has 1 amide bonds. The molecule has 1 fully saturated rings. The molecule has 0 aromatic heterocycles. The van der Waals surface area contributed by atoms with E-state index in [1.54, 1.807) is 7.05 Å². The molecular formula is C14H21N3O2. The smallest absolute Gasteiger partial charge is 0.241 e. The van der Waals surface area contributed by atoms with Crippen LogP contribution < -0.4 is 15.5 Å². The number of carbonyl (C=O) groups is 1. The van der Waals surface area contributed by atoms with Gasteiger partial charge in [-0.15, -0.1) is 0 Å². The summed E-state index contributed by atoms with van der Waals surface area (Å²) >= 11 is 0. The van der Waals surface area contributed by atoms with Crippen molar-refractivity contribution in [2.45, 2.75) is 13.0 Å². The highest BCUT2D eigenvalue weighted by molar-refractivity contribution is 5.94. The Balaban J connectivity index is 1.96. The summed E-state index contributed by atoms with van der Waals surface area (Å²) in [6.45, 7) is 5.22. The average molecular weight is 263 g/mol. The molecule has 1 atom stereocenters. The minimum Gasteiger partial charge on any atom is -0.378 e. The number of carbonyl (C=O) groups excluding carboxylic acids is 1. The highest BCUT2D eigenvalue weighted by Crippen LogP contribution is 2.19. The maximum atomic E-state index is 11.7. The Morgan fingerprint density at radius 1 is 1.26 bits per heavy atom. The van der Waals surface area contributed by atoms with E-state index in [2.05, 4.69) is 15.5 Å². The van der Waals surface area contributed by atoms with E-state index in [1.807, 2.05) is 31.2 Å². The lowest BCUT2D eigenvalue weighted by molar-refractivity contribution is -0.117. The zero-order valence-electron chi connectivity index (χ0n) is 11.5. The molecule has 2 rings (SSSR count). The Morgan fingerprint density at radius 2 is 1.89 bits per heavy atom. The van der Waals surface area contributed by atoms with E-state index in [9.17, 15) is 4.79 Å². The van der Waals surface area contributed by atoms with Gasteiger partial charge in [-0.2, -0.15) is 0 Å². The van der Waals surface area contributed by atoms with Crippen LogP contribution in [0.15, 0.2) is 24.3 Å². The van der Waals surface area contributed by atoms with Crippen LogP contribution in [-0.2, 0) is 9.53 Å². The molecule has 1 unspecified atom stereocenters. The van der Waals surface area contributed by atoms with Gasteiger partial charge in [0.1, 0.15) is 0 Å². The van der Waals surface area contributed by atoms with E-state index in [1.165, 1.54) is 5.69 Å². The number of ether oxygens (including phenoxy) is 1. The Kier molecular flexibility index (Phi) is 4.76. The third-order valence-electron chi connectivity index (χ3n) is 3.34. The molecular weight excluding hydrogens is 242 g/mol. The first-order valence-electron chi connectivity index (χ1n) is 6.61. The summed E-state index contributed by atoms with van der Waals surface area (Å²) in [5.41, 5.74) is 1.99. The second-order valence-electron chi connectivity index (χ2n) is 4.65. The van der Waals surface area contributed by atoms with Crippen LogP contribution in [0.1, 0.15) is 6.92 Å². The molecule has 104 valence electrons. The number of rotatable bonds is 4. The topological polar surface area (TPSA) is 53.6 Å². The minimum atomic E-state index is -0.195. The van der Waals surface area contributed by atoms with E-state index in [4.69, 9.17) is 4.74 Å². The van der Waals surface area contributed by atoms with Crippen LogP contribution in [0.5, 0.6) is 0 Å². The summed E-state index contributed by atoms with van der Waals surface area (Å²) in [5.74, 6) is -0.0263. The van der Waals surface area contributed by atoms with Crippen molar-refractivity contribution in [3.63, 3.8) is 0 Å². The number of hydrogen-bond donors (Lipinski definition) is 2.